The van der Waals surface area contributed by atoms with Crippen LogP contribution in [-0.2, 0) is 4.74 Å². The average Bonchev–Trinajstić information content (AvgIpc) is 2.01. The second kappa shape index (κ2) is 6.12. The van der Waals surface area contributed by atoms with Gasteiger partial charge in [-0.15, -0.1) is 0 Å². The molecule has 0 aliphatic rings. The smallest absolute Gasteiger partial charge is 0.271 e. The lowest BCUT2D eigenvalue weighted by atomic mass is 10.1. The molecule has 6 heteroatoms. The Kier molecular flexibility index (Phi) is 5.94. The maximum absolute atomic E-state index is 12.5. The van der Waals surface area contributed by atoms with Crippen LogP contribution in [0.15, 0.2) is 0 Å². The van der Waals surface area contributed by atoms with Crippen LogP contribution in [0.2, 0.25) is 0 Å². The summed E-state index contributed by atoms with van der Waals surface area (Å²) in [6.07, 6.45) is -11.5. The van der Waals surface area contributed by atoms with Crippen molar-refractivity contribution in [2.24, 2.45) is 0 Å². The number of halogens is 5. The summed E-state index contributed by atoms with van der Waals surface area (Å²) in [5.41, 5.74) is 0. The van der Waals surface area contributed by atoms with E-state index < -0.39 is 31.5 Å². The molecule has 0 N–H and O–H groups in total. The van der Waals surface area contributed by atoms with Gasteiger partial charge >= 0.3 is 0 Å². The van der Waals surface area contributed by atoms with Crippen LogP contribution in [0, 0.1) is 0 Å². The maximum atomic E-state index is 12.5. The number of hydrogen-bond acceptors (Lipinski definition) is 1. The molecule has 13 heavy (non-hydrogen) atoms. The Labute approximate surface area is 72.9 Å². The van der Waals surface area contributed by atoms with Crippen LogP contribution >= 0.6 is 0 Å². The molecule has 0 heterocycles. The molecular formula is C7H11F5O. The Morgan fingerprint density at radius 3 is 1.92 bits per heavy atom. The first-order chi connectivity index (χ1) is 5.99. The van der Waals surface area contributed by atoms with Gasteiger partial charge in [-0.1, -0.05) is 0 Å². The van der Waals surface area contributed by atoms with E-state index in [4.69, 9.17) is 0 Å². The fourth-order valence-electron chi connectivity index (χ4n) is 0.842. The van der Waals surface area contributed by atoms with Crippen molar-refractivity contribution in [3.8, 4) is 0 Å². The molecule has 0 saturated carbocycles. The Morgan fingerprint density at radius 1 is 1.08 bits per heavy atom. The van der Waals surface area contributed by atoms with Crippen LogP contribution in [0.4, 0.5) is 22.0 Å². The van der Waals surface area contributed by atoms with E-state index in [9.17, 15) is 22.0 Å². The summed E-state index contributed by atoms with van der Waals surface area (Å²) in [5, 5.41) is 0. The maximum Gasteiger partial charge on any atom is 0.271 e. The lowest BCUT2D eigenvalue weighted by Crippen LogP contribution is -2.33. The Morgan fingerprint density at radius 2 is 1.62 bits per heavy atom. The van der Waals surface area contributed by atoms with Crippen molar-refractivity contribution < 1.29 is 26.7 Å². The summed E-state index contributed by atoms with van der Waals surface area (Å²) in [6.45, 7) is 1.36. The van der Waals surface area contributed by atoms with Gasteiger partial charge in [0.25, 0.3) is 6.43 Å². The predicted octanol–water partition coefficient (Wildman–Crippen LogP) is 2.65. The lowest BCUT2D eigenvalue weighted by molar-refractivity contribution is -0.0822. The van der Waals surface area contributed by atoms with Gasteiger partial charge in [-0.25, -0.2) is 22.0 Å². The van der Waals surface area contributed by atoms with E-state index >= 15 is 0 Å². The van der Waals surface area contributed by atoms with Crippen molar-refractivity contribution in [1.29, 1.82) is 0 Å². The minimum Gasteiger partial charge on any atom is -0.375 e. The van der Waals surface area contributed by atoms with Crippen molar-refractivity contribution in [3.05, 3.63) is 0 Å². The molecule has 1 nitrogen and oxygen atoms in total. The van der Waals surface area contributed by atoms with Crippen LogP contribution in [0.5, 0.6) is 0 Å². The highest BCUT2D eigenvalue weighted by molar-refractivity contribution is 4.72. The number of hydrogen-bond donors (Lipinski definition) is 0. The summed E-state index contributed by atoms with van der Waals surface area (Å²) in [6, 6.07) is 0. The fraction of sp³-hybridized carbons (Fsp3) is 1.00. The van der Waals surface area contributed by atoms with Gasteiger partial charge in [-0.3, -0.25) is 0 Å². The molecule has 0 aromatic rings. The quantitative estimate of drug-likeness (QED) is 0.607. The van der Waals surface area contributed by atoms with Gasteiger partial charge in [-0.05, 0) is 6.92 Å². The molecule has 0 bridgehead atoms. The Balaban J connectivity index is 4.06. The largest absolute Gasteiger partial charge is 0.375 e. The zero-order valence-electron chi connectivity index (χ0n) is 7.02. The molecule has 0 aromatic carbocycles. The normalized spacial score (nSPS) is 16.6. The topological polar surface area (TPSA) is 9.23 Å². The van der Waals surface area contributed by atoms with Crippen molar-refractivity contribution in [1.82, 2.24) is 0 Å². The zero-order valence-corrected chi connectivity index (χ0v) is 7.02. The van der Waals surface area contributed by atoms with Gasteiger partial charge in [-0.2, -0.15) is 0 Å². The molecule has 0 aromatic heterocycles. The third kappa shape index (κ3) is 5.02. The lowest BCUT2D eigenvalue weighted by Gasteiger charge is -2.19. The molecule has 0 spiro atoms. The molecular weight excluding hydrogens is 195 g/mol. The van der Waals surface area contributed by atoms with E-state index in [0.29, 0.717) is 0 Å². The Hall–Kier alpha value is -0.390. The molecule has 0 fully saturated rings. The summed E-state index contributed by atoms with van der Waals surface area (Å²) in [5.74, 6) is 0. The van der Waals surface area contributed by atoms with Gasteiger partial charge in [0, 0.05) is 13.0 Å². The highest BCUT2D eigenvalue weighted by Gasteiger charge is 2.32. The summed E-state index contributed by atoms with van der Waals surface area (Å²) in [7, 11) is 0. The van der Waals surface area contributed by atoms with Gasteiger partial charge < -0.3 is 4.74 Å². The molecule has 0 rings (SSSR count). The minimum atomic E-state index is -3.28. The second-order valence-electron chi connectivity index (χ2n) is 2.40. The average molecular weight is 206 g/mol. The number of ether oxygens (including phenoxy) is 1. The van der Waals surface area contributed by atoms with Crippen molar-refractivity contribution in [2.45, 2.75) is 38.5 Å². The third-order valence-electron chi connectivity index (χ3n) is 1.39. The molecule has 0 amide bonds. The van der Waals surface area contributed by atoms with Gasteiger partial charge in [0.05, 0.1) is 6.10 Å². The van der Waals surface area contributed by atoms with Crippen molar-refractivity contribution in [3.63, 3.8) is 0 Å². The monoisotopic (exact) mass is 206 g/mol. The first-order valence-electron chi connectivity index (χ1n) is 3.81. The van der Waals surface area contributed by atoms with Gasteiger partial charge in [0.15, 0.2) is 6.17 Å². The molecule has 80 valence electrons. The molecule has 0 radical (unpaired) electrons. The predicted molar refractivity (Wildman–Crippen MR) is 36.9 cm³/mol. The summed E-state index contributed by atoms with van der Waals surface area (Å²) >= 11 is 0. The van der Waals surface area contributed by atoms with Crippen LogP contribution in [-0.4, -0.2) is 31.7 Å². The van der Waals surface area contributed by atoms with Crippen LogP contribution in [0.25, 0.3) is 0 Å². The molecule has 2 atom stereocenters. The van der Waals surface area contributed by atoms with E-state index in [1.54, 1.807) is 0 Å². The Bertz CT molecular complexity index is 130. The van der Waals surface area contributed by atoms with Crippen LogP contribution in [0.3, 0.4) is 0 Å². The van der Waals surface area contributed by atoms with Crippen molar-refractivity contribution >= 4 is 0 Å². The second-order valence-corrected chi connectivity index (χ2v) is 2.40. The van der Waals surface area contributed by atoms with Gasteiger partial charge in [0.1, 0.15) is 0 Å². The van der Waals surface area contributed by atoms with E-state index in [1.165, 1.54) is 6.92 Å². The standard InChI is InChI=1S/C7H11F5O/c1-2-13-4(3-5(8)9)6(10)7(11)12/h4-7H,2-3H2,1H3. The fourth-order valence-corrected chi connectivity index (χ4v) is 0.842. The molecule has 0 aliphatic carbocycles. The SMILES string of the molecule is CCOC(CC(F)F)C(F)C(F)F. The highest BCUT2D eigenvalue weighted by atomic mass is 19.3. The first-order valence-corrected chi connectivity index (χ1v) is 3.81. The molecule has 0 aliphatic heterocycles. The zero-order chi connectivity index (χ0) is 10.4. The molecule has 2 unspecified atom stereocenters. The van der Waals surface area contributed by atoms with Gasteiger partial charge in [0.2, 0.25) is 6.43 Å². The van der Waals surface area contributed by atoms with Crippen molar-refractivity contribution in [2.75, 3.05) is 6.61 Å². The summed E-state index contributed by atoms with van der Waals surface area (Å²) in [4.78, 5) is 0. The summed E-state index contributed by atoms with van der Waals surface area (Å²) < 4.78 is 64.0. The number of rotatable bonds is 6. The van der Waals surface area contributed by atoms with Crippen LogP contribution < -0.4 is 0 Å². The molecule has 0 saturated heterocycles. The number of alkyl halides is 5. The van der Waals surface area contributed by atoms with E-state index in [0.717, 1.165) is 0 Å². The third-order valence-corrected chi connectivity index (χ3v) is 1.39. The van der Waals surface area contributed by atoms with Crippen LogP contribution in [0.1, 0.15) is 13.3 Å². The van der Waals surface area contributed by atoms with E-state index in [2.05, 4.69) is 4.74 Å². The highest BCUT2D eigenvalue weighted by Crippen LogP contribution is 2.19. The van der Waals surface area contributed by atoms with E-state index in [1.807, 2.05) is 0 Å². The van der Waals surface area contributed by atoms with E-state index in [-0.39, 0.29) is 6.61 Å². The minimum absolute atomic E-state index is 0.0650. The first kappa shape index (κ1) is 12.6.